The molecule has 68 valence electrons. The highest BCUT2D eigenvalue weighted by molar-refractivity contribution is 5.12. The van der Waals surface area contributed by atoms with Crippen LogP contribution in [0.25, 0.3) is 0 Å². The third-order valence-corrected chi connectivity index (χ3v) is 1.40. The summed E-state index contributed by atoms with van der Waals surface area (Å²) in [5.74, 6) is 0.479. The van der Waals surface area contributed by atoms with Gasteiger partial charge in [-0.15, -0.1) is 0 Å². The minimum atomic E-state index is 0.479. The molecule has 2 heteroatoms. The van der Waals surface area contributed by atoms with Crippen LogP contribution in [0.2, 0.25) is 0 Å². The van der Waals surface area contributed by atoms with E-state index in [4.69, 9.17) is 0 Å². The van der Waals surface area contributed by atoms with Crippen molar-refractivity contribution in [2.75, 3.05) is 0 Å². The van der Waals surface area contributed by atoms with Gasteiger partial charge in [-0.05, 0) is 24.5 Å². The molecule has 0 unspecified atom stereocenters. The number of hydrogen-bond donors (Lipinski definition) is 0. The SMILES string of the molecule is CC.Cc1cnnc(C(C)C)c1. The maximum atomic E-state index is 3.99. The Labute approximate surface area is 75.0 Å². The summed E-state index contributed by atoms with van der Waals surface area (Å²) in [6, 6.07) is 2.07. The van der Waals surface area contributed by atoms with Crippen molar-refractivity contribution in [2.45, 2.75) is 40.5 Å². The largest absolute Gasteiger partial charge is 0.159 e. The highest BCUT2D eigenvalue weighted by atomic mass is 15.1. The number of aryl methyl sites for hydroxylation is 1. The molecule has 0 aliphatic rings. The van der Waals surface area contributed by atoms with Crippen molar-refractivity contribution in [1.29, 1.82) is 0 Å². The molecule has 1 heterocycles. The molecule has 0 aromatic carbocycles. The summed E-state index contributed by atoms with van der Waals surface area (Å²) in [7, 11) is 0. The van der Waals surface area contributed by atoms with Crippen molar-refractivity contribution in [2.24, 2.45) is 0 Å². The summed E-state index contributed by atoms with van der Waals surface area (Å²) in [6.07, 6.45) is 1.77. The van der Waals surface area contributed by atoms with E-state index >= 15 is 0 Å². The van der Waals surface area contributed by atoms with Gasteiger partial charge in [-0.1, -0.05) is 27.7 Å². The van der Waals surface area contributed by atoms with Crippen LogP contribution in [0.5, 0.6) is 0 Å². The van der Waals surface area contributed by atoms with Gasteiger partial charge in [0.1, 0.15) is 0 Å². The molecular weight excluding hydrogens is 148 g/mol. The van der Waals surface area contributed by atoms with Crippen molar-refractivity contribution in [3.05, 3.63) is 23.5 Å². The fourth-order valence-corrected chi connectivity index (χ4v) is 0.768. The normalized spacial score (nSPS) is 9.17. The molecule has 0 atom stereocenters. The Balaban J connectivity index is 0.000000561. The Kier molecular flexibility index (Phi) is 5.26. The zero-order chi connectivity index (χ0) is 9.56. The van der Waals surface area contributed by atoms with E-state index in [0.29, 0.717) is 5.92 Å². The molecule has 0 saturated carbocycles. The maximum Gasteiger partial charge on any atom is 0.0659 e. The van der Waals surface area contributed by atoms with Gasteiger partial charge in [0.15, 0.2) is 0 Å². The lowest BCUT2D eigenvalue weighted by Crippen LogP contribution is -1.94. The van der Waals surface area contributed by atoms with E-state index in [1.807, 2.05) is 20.8 Å². The number of rotatable bonds is 1. The minimum absolute atomic E-state index is 0.479. The fourth-order valence-electron chi connectivity index (χ4n) is 0.768. The zero-order valence-electron chi connectivity index (χ0n) is 8.63. The molecular formula is C10H18N2. The van der Waals surface area contributed by atoms with Crippen LogP contribution in [-0.2, 0) is 0 Å². The Morgan fingerprint density at radius 3 is 2.17 bits per heavy atom. The van der Waals surface area contributed by atoms with Crippen molar-refractivity contribution in [3.8, 4) is 0 Å². The van der Waals surface area contributed by atoms with Crippen LogP contribution >= 0.6 is 0 Å². The smallest absolute Gasteiger partial charge is 0.0659 e. The van der Waals surface area contributed by atoms with Gasteiger partial charge < -0.3 is 0 Å². The summed E-state index contributed by atoms with van der Waals surface area (Å²) >= 11 is 0. The monoisotopic (exact) mass is 166 g/mol. The zero-order valence-corrected chi connectivity index (χ0v) is 8.63. The summed E-state index contributed by atoms with van der Waals surface area (Å²) in [6.45, 7) is 10.3. The second-order valence-electron chi connectivity index (χ2n) is 2.81. The standard InChI is InChI=1S/C8H12N2.C2H6/c1-6(2)8-4-7(3)5-9-10-8;1-2/h4-6H,1-3H3;1-2H3. The first-order chi connectivity index (χ1) is 5.70. The molecule has 0 saturated heterocycles. The molecule has 0 radical (unpaired) electrons. The van der Waals surface area contributed by atoms with Crippen LogP contribution in [0.3, 0.4) is 0 Å². The summed E-state index contributed by atoms with van der Waals surface area (Å²) in [5.41, 5.74) is 2.25. The molecule has 0 fully saturated rings. The molecule has 0 N–H and O–H groups in total. The van der Waals surface area contributed by atoms with Gasteiger partial charge in [0.25, 0.3) is 0 Å². The molecule has 0 bridgehead atoms. The predicted molar refractivity (Wildman–Crippen MR) is 52.2 cm³/mol. The lowest BCUT2D eigenvalue weighted by molar-refractivity contribution is 0.781. The minimum Gasteiger partial charge on any atom is -0.159 e. The quantitative estimate of drug-likeness (QED) is 0.641. The molecule has 12 heavy (non-hydrogen) atoms. The average Bonchev–Trinajstić information content (AvgIpc) is 2.08. The number of hydrogen-bond acceptors (Lipinski definition) is 2. The van der Waals surface area contributed by atoms with E-state index in [1.54, 1.807) is 6.20 Å². The van der Waals surface area contributed by atoms with Gasteiger partial charge in [0, 0.05) is 0 Å². The lowest BCUT2D eigenvalue weighted by Gasteiger charge is -2.01. The Bertz CT molecular complexity index is 219. The summed E-state index contributed by atoms with van der Waals surface area (Å²) < 4.78 is 0. The molecule has 1 aromatic heterocycles. The average molecular weight is 166 g/mol. The van der Waals surface area contributed by atoms with Crippen molar-refractivity contribution >= 4 is 0 Å². The first-order valence-corrected chi connectivity index (χ1v) is 4.49. The predicted octanol–water partition coefficient (Wildman–Crippen LogP) is 2.93. The van der Waals surface area contributed by atoms with Crippen LogP contribution in [0.1, 0.15) is 44.9 Å². The molecule has 2 nitrogen and oxygen atoms in total. The van der Waals surface area contributed by atoms with Crippen LogP contribution in [0, 0.1) is 6.92 Å². The van der Waals surface area contributed by atoms with Crippen LogP contribution < -0.4 is 0 Å². The van der Waals surface area contributed by atoms with Gasteiger partial charge in [-0.25, -0.2) is 0 Å². The van der Waals surface area contributed by atoms with Crippen LogP contribution in [0.15, 0.2) is 12.3 Å². The van der Waals surface area contributed by atoms with Gasteiger partial charge in [0.05, 0.1) is 11.9 Å². The Morgan fingerprint density at radius 1 is 1.25 bits per heavy atom. The van der Waals surface area contributed by atoms with Gasteiger partial charge in [0.2, 0.25) is 0 Å². The van der Waals surface area contributed by atoms with Gasteiger partial charge in [-0.3, -0.25) is 0 Å². The Morgan fingerprint density at radius 2 is 1.83 bits per heavy atom. The summed E-state index contributed by atoms with van der Waals surface area (Å²) in [4.78, 5) is 0. The van der Waals surface area contributed by atoms with Crippen molar-refractivity contribution in [1.82, 2.24) is 10.2 Å². The van der Waals surface area contributed by atoms with Crippen molar-refractivity contribution < 1.29 is 0 Å². The lowest BCUT2D eigenvalue weighted by atomic mass is 10.1. The highest BCUT2D eigenvalue weighted by Crippen LogP contribution is 2.09. The van der Waals surface area contributed by atoms with E-state index in [2.05, 4.69) is 30.1 Å². The topological polar surface area (TPSA) is 25.8 Å². The Hall–Kier alpha value is -0.920. The van der Waals surface area contributed by atoms with Crippen molar-refractivity contribution in [3.63, 3.8) is 0 Å². The van der Waals surface area contributed by atoms with Gasteiger partial charge >= 0.3 is 0 Å². The molecule has 0 amide bonds. The molecule has 1 aromatic rings. The first kappa shape index (κ1) is 11.1. The van der Waals surface area contributed by atoms with E-state index in [1.165, 1.54) is 5.56 Å². The van der Waals surface area contributed by atoms with Gasteiger partial charge in [-0.2, -0.15) is 10.2 Å². The maximum absolute atomic E-state index is 3.99. The summed E-state index contributed by atoms with van der Waals surface area (Å²) in [5, 5.41) is 7.84. The molecule has 0 aliphatic heterocycles. The molecule has 0 aliphatic carbocycles. The third kappa shape index (κ3) is 3.46. The highest BCUT2D eigenvalue weighted by Gasteiger charge is 1.99. The van der Waals surface area contributed by atoms with Crippen LogP contribution in [-0.4, -0.2) is 10.2 Å². The van der Waals surface area contributed by atoms with E-state index in [-0.39, 0.29) is 0 Å². The fraction of sp³-hybridized carbons (Fsp3) is 0.600. The second-order valence-corrected chi connectivity index (χ2v) is 2.81. The first-order valence-electron chi connectivity index (χ1n) is 4.49. The molecule has 1 rings (SSSR count). The van der Waals surface area contributed by atoms with E-state index < -0.39 is 0 Å². The number of nitrogens with zero attached hydrogens (tertiary/aromatic N) is 2. The van der Waals surface area contributed by atoms with E-state index in [9.17, 15) is 0 Å². The number of aromatic nitrogens is 2. The van der Waals surface area contributed by atoms with E-state index in [0.717, 1.165) is 5.69 Å². The van der Waals surface area contributed by atoms with Crippen LogP contribution in [0.4, 0.5) is 0 Å². The third-order valence-electron chi connectivity index (χ3n) is 1.40. The second kappa shape index (κ2) is 5.70. The molecule has 0 spiro atoms.